The fourth-order valence-corrected chi connectivity index (χ4v) is 1.86. The molecule has 1 aromatic rings. The van der Waals surface area contributed by atoms with Crippen molar-refractivity contribution in [2.24, 2.45) is 0 Å². The highest BCUT2D eigenvalue weighted by Crippen LogP contribution is 2.20. The Bertz CT molecular complexity index is 353. The largest absolute Gasteiger partial charge is 0.284 e. The van der Waals surface area contributed by atoms with Crippen LogP contribution in [0.4, 0.5) is 0 Å². The molecule has 0 aliphatic carbocycles. The Morgan fingerprint density at radius 2 is 2.14 bits per heavy atom. The first-order chi connectivity index (χ1) is 6.79. The van der Waals surface area contributed by atoms with Crippen LogP contribution in [0, 0.1) is 11.3 Å². The Hall–Kier alpha value is -0.850. The highest BCUT2D eigenvalue weighted by molar-refractivity contribution is 9.10. The maximum absolute atomic E-state index is 8.78. The minimum absolute atomic E-state index is 0.138. The average Bonchev–Trinajstić information content (AvgIpc) is 2.16. The van der Waals surface area contributed by atoms with E-state index in [0.717, 1.165) is 24.0 Å². The number of hydrogen-bond acceptors (Lipinski definition) is 2. The van der Waals surface area contributed by atoms with Crippen LogP contribution in [0.15, 0.2) is 28.7 Å². The topological polar surface area (TPSA) is 27.0 Å². The second-order valence-electron chi connectivity index (χ2n) is 3.53. The molecule has 0 amide bonds. The molecule has 0 N–H and O–H groups in total. The zero-order chi connectivity index (χ0) is 9.97. The van der Waals surface area contributed by atoms with Crippen LogP contribution in [0.25, 0.3) is 0 Å². The van der Waals surface area contributed by atoms with Gasteiger partial charge in [0.1, 0.15) is 0 Å². The van der Waals surface area contributed by atoms with Crippen LogP contribution in [-0.4, -0.2) is 17.5 Å². The first kappa shape index (κ1) is 9.70. The number of benzene rings is 1. The molecule has 2 rings (SSSR count). The van der Waals surface area contributed by atoms with Crippen molar-refractivity contribution >= 4 is 15.9 Å². The van der Waals surface area contributed by atoms with E-state index in [1.807, 2.05) is 12.1 Å². The lowest BCUT2D eigenvalue weighted by Crippen LogP contribution is -2.45. The third-order valence-corrected chi connectivity index (χ3v) is 3.11. The summed E-state index contributed by atoms with van der Waals surface area (Å²) in [4.78, 5) is 2.20. The Morgan fingerprint density at radius 1 is 1.43 bits per heavy atom. The number of nitriles is 1. The van der Waals surface area contributed by atoms with Crippen LogP contribution in [0.3, 0.4) is 0 Å². The van der Waals surface area contributed by atoms with Gasteiger partial charge in [-0.3, -0.25) is 4.90 Å². The fraction of sp³-hybridized carbons (Fsp3) is 0.364. The van der Waals surface area contributed by atoms with Crippen LogP contribution >= 0.6 is 15.9 Å². The van der Waals surface area contributed by atoms with Crippen LogP contribution in [0.5, 0.6) is 0 Å². The summed E-state index contributed by atoms with van der Waals surface area (Å²) in [7, 11) is 0. The Morgan fingerprint density at radius 3 is 2.64 bits per heavy atom. The van der Waals surface area contributed by atoms with E-state index in [1.54, 1.807) is 0 Å². The predicted octanol–water partition coefficient (Wildman–Crippen LogP) is 2.55. The van der Waals surface area contributed by atoms with E-state index in [-0.39, 0.29) is 6.04 Å². The highest BCUT2D eigenvalue weighted by Gasteiger charge is 2.27. The summed E-state index contributed by atoms with van der Waals surface area (Å²) in [6.07, 6.45) is 1.02. The van der Waals surface area contributed by atoms with Gasteiger partial charge in [0.25, 0.3) is 0 Å². The molecule has 14 heavy (non-hydrogen) atoms. The molecule has 0 unspecified atom stereocenters. The summed E-state index contributed by atoms with van der Waals surface area (Å²) in [5, 5.41) is 8.78. The van der Waals surface area contributed by atoms with Gasteiger partial charge >= 0.3 is 0 Å². The summed E-state index contributed by atoms with van der Waals surface area (Å²) < 4.78 is 1.10. The number of likely N-dealkylation sites (tertiary alicyclic amines) is 1. The van der Waals surface area contributed by atoms with E-state index >= 15 is 0 Å². The normalized spacial score (nSPS) is 21.3. The first-order valence-corrected chi connectivity index (χ1v) is 5.47. The van der Waals surface area contributed by atoms with E-state index in [2.05, 4.69) is 39.0 Å². The van der Waals surface area contributed by atoms with Crippen molar-refractivity contribution in [1.82, 2.24) is 4.90 Å². The summed E-state index contributed by atoms with van der Waals surface area (Å²) >= 11 is 3.40. The van der Waals surface area contributed by atoms with Crippen molar-refractivity contribution in [3.63, 3.8) is 0 Å². The maximum atomic E-state index is 8.78. The second kappa shape index (κ2) is 4.12. The molecule has 1 aliphatic heterocycles. The average molecular weight is 251 g/mol. The summed E-state index contributed by atoms with van der Waals surface area (Å²) in [5.74, 6) is 0. The molecule has 0 radical (unpaired) electrons. The Balaban J connectivity index is 1.98. The van der Waals surface area contributed by atoms with Gasteiger partial charge in [-0.25, -0.2) is 0 Å². The quantitative estimate of drug-likeness (QED) is 0.807. The van der Waals surface area contributed by atoms with Crippen LogP contribution in [0.1, 0.15) is 12.0 Å². The summed E-state index contributed by atoms with van der Waals surface area (Å²) in [5.41, 5.74) is 1.27. The molecule has 0 aromatic heterocycles. The number of hydrogen-bond donors (Lipinski definition) is 0. The van der Waals surface area contributed by atoms with Gasteiger partial charge in [-0.1, -0.05) is 28.1 Å². The minimum Gasteiger partial charge on any atom is -0.284 e. The molecule has 0 spiro atoms. The maximum Gasteiger partial charge on any atom is 0.0993 e. The molecule has 1 aromatic carbocycles. The van der Waals surface area contributed by atoms with Gasteiger partial charge < -0.3 is 0 Å². The molecular formula is C11H11BrN2. The van der Waals surface area contributed by atoms with Gasteiger partial charge in [0.2, 0.25) is 0 Å². The van der Waals surface area contributed by atoms with Crippen molar-refractivity contribution < 1.29 is 0 Å². The molecule has 1 aliphatic rings. The minimum atomic E-state index is 0.138. The second-order valence-corrected chi connectivity index (χ2v) is 4.45. The van der Waals surface area contributed by atoms with Gasteiger partial charge in [-0.05, 0) is 24.1 Å². The molecule has 3 heteroatoms. The zero-order valence-corrected chi connectivity index (χ0v) is 9.37. The van der Waals surface area contributed by atoms with Gasteiger partial charge in [0.05, 0.1) is 12.1 Å². The lowest BCUT2D eigenvalue weighted by molar-refractivity contribution is 0.122. The van der Waals surface area contributed by atoms with E-state index < -0.39 is 0 Å². The Labute approximate surface area is 92.3 Å². The highest BCUT2D eigenvalue weighted by atomic mass is 79.9. The van der Waals surface area contributed by atoms with Crippen LogP contribution < -0.4 is 0 Å². The number of halogens is 1. The van der Waals surface area contributed by atoms with E-state index in [9.17, 15) is 0 Å². The smallest absolute Gasteiger partial charge is 0.0993 e. The van der Waals surface area contributed by atoms with Gasteiger partial charge in [0.15, 0.2) is 0 Å². The molecule has 1 atom stereocenters. The molecule has 72 valence electrons. The molecule has 2 nitrogen and oxygen atoms in total. The van der Waals surface area contributed by atoms with Crippen molar-refractivity contribution in [3.8, 4) is 6.07 Å². The molecule has 1 heterocycles. The predicted molar refractivity (Wildman–Crippen MR) is 58.6 cm³/mol. The zero-order valence-electron chi connectivity index (χ0n) is 7.78. The van der Waals surface area contributed by atoms with Gasteiger partial charge in [0, 0.05) is 17.6 Å². The molecular weight excluding hydrogens is 240 g/mol. The molecule has 1 fully saturated rings. The monoisotopic (exact) mass is 250 g/mol. The lowest BCUT2D eigenvalue weighted by Gasteiger charge is -2.36. The standard InChI is InChI=1S/C11H11BrN2/c12-10-3-1-9(2-4-10)8-14-6-5-11(14)7-13/h1-4,11H,5-6,8H2/t11-/m0/s1. The SMILES string of the molecule is N#C[C@@H]1CCN1Cc1ccc(Br)cc1. The molecule has 1 saturated heterocycles. The lowest BCUT2D eigenvalue weighted by atomic mass is 10.0. The van der Waals surface area contributed by atoms with Crippen molar-refractivity contribution in [3.05, 3.63) is 34.3 Å². The molecule has 0 bridgehead atoms. The van der Waals surface area contributed by atoms with Crippen LogP contribution in [0.2, 0.25) is 0 Å². The number of nitrogens with zero attached hydrogens (tertiary/aromatic N) is 2. The fourth-order valence-electron chi connectivity index (χ4n) is 1.60. The van der Waals surface area contributed by atoms with E-state index in [0.29, 0.717) is 0 Å². The van der Waals surface area contributed by atoms with Crippen molar-refractivity contribution in [2.45, 2.75) is 19.0 Å². The number of rotatable bonds is 2. The third kappa shape index (κ3) is 1.97. The third-order valence-electron chi connectivity index (χ3n) is 2.58. The molecule has 0 saturated carbocycles. The van der Waals surface area contributed by atoms with Crippen molar-refractivity contribution in [1.29, 1.82) is 5.26 Å². The van der Waals surface area contributed by atoms with E-state index in [1.165, 1.54) is 5.56 Å². The Kier molecular flexibility index (Phi) is 2.85. The van der Waals surface area contributed by atoms with Gasteiger partial charge in [-0.2, -0.15) is 5.26 Å². The summed E-state index contributed by atoms with van der Waals surface area (Å²) in [6.45, 7) is 1.94. The van der Waals surface area contributed by atoms with Crippen LogP contribution in [-0.2, 0) is 6.54 Å². The van der Waals surface area contributed by atoms with E-state index in [4.69, 9.17) is 5.26 Å². The van der Waals surface area contributed by atoms with Crippen molar-refractivity contribution in [2.75, 3.05) is 6.54 Å². The summed E-state index contributed by atoms with van der Waals surface area (Å²) in [6, 6.07) is 10.7. The first-order valence-electron chi connectivity index (χ1n) is 4.68. The van der Waals surface area contributed by atoms with Gasteiger partial charge in [-0.15, -0.1) is 0 Å².